The molecule has 8 nitrogen and oxygen atoms in total. The molecule has 0 bridgehead atoms. The Bertz CT molecular complexity index is 847. The number of anilines is 3. The van der Waals surface area contributed by atoms with E-state index < -0.39 is 8.80 Å². The van der Waals surface area contributed by atoms with E-state index in [-0.39, 0.29) is 12.3 Å². The topological polar surface area (TPSA) is 84.1 Å². The maximum absolute atomic E-state index is 12.9. The number of nitrogens with zero attached hydrogens (tertiary/aromatic N) is 1. The molecule has 0 unspecified atom stereocenters. The average molecular weight is 489 g/mol. The van der Waals surface area contributed by atoms with Crippen LogP contribution in [0.5, 0.6) is 0 Å². The second-order valence-electron chi connectivity index (χ2n) is 7.92. The molecule has 3 N–H and O–H groups in total. The summed E-state index contributed by atoms with van der Waals surface area (Å²) in [4.78, 5) is 14.9. The fourth-order valence-electron chi connectivity index (χ4n) is 3.55. The van der Waals surface area contributed by atoms with Crippen molar-refractivity contribution in [1.29, 1.82) is 0 Å². The normalized spacial score (nSPS) is 11.3. The molecule has 0 amide bonds. The van der Waals surface area contributed by atoms with Crippen LogP contribution in [0, 0.1) is 0 Å². The average Bonchev–Trinajstić information content (AvgIpc) is 2.83. The second-order valence-corrected chi connectivity index (χ2v) is 10.7. The second kappa shape index (κ2) is 14.7. The van der Waals surface area contributed by atoms with E-state index in [1.807, 2.05) is 88.3 Å². The van der Waals surface area contributed by atoms with E-state index in [0.717, 1.165) is 29.5 Å². The zero-order valence-corrected chi connectivity index (χ0v) is 22.1. The van der Waals surface area contributed by atoms with Gasteiger partial charge in [-0.1, -0.05) is 12.1 Å². The molecule has 2 aromatic carbocycles. The minimum Gasteiger partial charge on any atom is -0.378 e. The number of Topliss-reactive ketones (excluding diaryl/α,β-unsaturated/α-hetero) is 1. The van der Waals surface area contributed by atoms with Gasteiger partial charge < -0.3 is 34.3 Å². The first-order chi connectivity index (χ1) is 16.4. The van der Waals surface area contributed by atoms with Crippen molar-refractivity contribution in [2.24, 2.45) is 0 Å². The highest BCUT2D eigenvalue weighted by atomic mass is 28.4. The Balaban J connectivity index is 1.86. The maximum Gasteiger partial charge on any atom is 0.500 e. The first kappa shape index (κ1) is 27.8. The van der Waals surface area contributed by atoms with Gasteiger partial charge in [0.15, 0.2) is 5.78 Å². The first-order valence-corrected chi connectivity index (χ1v) is 13.9. The van der Waals surface area contributed by atoms with Crippen LogP contribution in [0.25, 0.3) is 0 Å². The van der Waals surface area contributed by atoms with Crippen LogP contribution in [0.2, 0.25) is 6.04 Å². The fourth-order valence-corrected chi connectivity index (χ4v) is 6.16. The van der Waals surface area contributed by atoms with Crippen molar-refractivity contribution >= 4 is 31.6 Å². The molecule has 0 aliphatic carbocycles. The lowest BCUT2D eigenvalue weighted by Gasteiger charge is -2.28. The highest BCUT2D eigenvalue weighted by Crippen LogP contribution is 2.20. The lowest BCUT2D eigenvalue weighted by molar-refractivity contribution is 0.0708. The van der Waals surface area contributed by atoms with Gasteiger partial charge in [0, 0.05) is 51.2 Å². The first-order valence-electron chi connectivity index (χ1n) is 12.0. The van der Waals surface area contributed by atoms with Gasteiger partial charge in [-0.2, -0.15) is 0 Å². The quantitative estimate of drug-likeness (QED) is 0.131. The molecule has 0 radical (unpaired) electrons. The van der Waals surface area contributed by atoms with E-state index in [4.69, 9.17) is 13.3 Å². The number of rotatable bonds is 17. The Kier molecular flexibility index (Phi) is 12.1. The number of ketones is 1. The summed E-state index contributed by atoms with van der Waals surface area (Å²) in [5.74, 6) is 0.0239. The van der Waals surface area contributed by atoms with Crippen molar-refractivity contribution in [3.8, 4) is 0 Å². The summed E-state index contributed by atoms with van der Waals surface area (Å²) in [7, 11) is 1.37. The van der Waals surface area contributed by atoms with Crippen LogP contribution < -0.4 is 21.1 Å². The summed E-state index contributed by atoms with van der Waals surface area (Å²) in [6.07, 6.45) is 0.809. The largest absolute Gasteiger partial charge is 0.500 e. The SMILES string of the molecule is CCO[Si](CCCNCC(=O)c1ccccc1NNc1ccc(N(C)C)cc1)(OCC)OCC. The molecule has 0 spiro atoms. The predicted octanol–water partition coefficient (Wildman–Crippen LogP) is 4.40. The van der Waals surface area contributed by atoms with Crippen LogP contribution >= 0.6 is 0 Å². The van der Waals surface area contributed by atoms with E-state index in [1.165, 1.54) is 0 Å². The molecule has 2 rings (SSSR count). The minimum absolute atomic E-state index is 0.0239. The molecule has 2 aromatic rings. The van der Waals surface area contributed by atoms with Gasteiger partial charge in [-0.25, -0.2) is 0 Å². The zero-order chi connectivity index (χ0) is 24.8. The Morgan fingerprint density at radius 2 is 1.50 bits per heavy atom. The van der Waals surface area contributed by atoms with Crippen LogP contribution in [0.4, 0.5) is 17.1 Å². The van der Waals surface area contributed by atoms with E-state index >= 15 is 0 Å². The van der Waals surface area contributed by atoms with Crippen molar-refractivity contribution in [3.63, 3.8) is 0 Å². The van der Waals surface area contributed by atoms with E-state index in [0.29, 0.717) is 31.9 Å². The number of hydrogen-bond acceptors (Lipinski definition) is 8. The summed E-state index contributed by atoms with van der Waals surface area (Å²) >= 11 is 0. The molecular formula is C25H40N4O4Si. The summed E-state index contributed by atoms with van der Waals surface area (Å²) in [6, 6.07) is 16.3. The zero-order valence-electron chi connectivity index (χ0n) is 21.1. The van der Waals surface area contributed by atoms with E-state index in [9.17, 15) is 4.79 Å². The molecule has 0 saturated heterocycles. The molecule has 0 aliphatic rings. The molecule has 0 atom stereocenters. The highest BCUT2D eigenvalue weighted by Gasteiger charge is 2.39. The van der Waals surface area contributed by atoms with Gasteiger partial charge >= 0.3 is 8.80 Å². The number of nitrogens with one attached hydrogen (secondary N) is 3. The van der Waals surface area contributed by atoms with Gasteiger partial charge in [0.2, 0.25) is 0 Å². The fraction of sp³-hybridized carbons (Fsp3) is 0.480. The van der Waals surface area contributed by atoms with Crippen molar-refractivity contribution < 1.29 is 18.1 Å². The molecule has 188 valence electrons. The molecule has 0 aliphatic heterocycles. The van der Waals surface area contributed by atoms with Gasteiger partial charge in [-0.05, 0) is 70.1 Å². The van der Waals surface area contributed by atoms with Gasteiger partial charge in [-0.3, -0.25) is 4.79 Å². The Hall–Kier alpha value is -2.43. The highest BCUT2D eigenvalue weighted by molar-refractivity contribution is 6.60. The molecular weight excluding hydrogens is 448 g/mol. The Morgan fingerprint density at radius 1 is 0.882 bits per heavy atom. The molecule has 9 heteroatoms. The van der Waals surface area contributed by atoms with Gasteiger partial charge in [0.05, 0.1) is 17.9 Å². The maximum atomic E-state index is 12.9. The number of carbonyl (C=O) groups excluding carboxylic acids is 1. The third-order valence-electron chi connectivity index (χ3n) is 5.17. The van der Waals surface area contributed by atoms with Gasteiger partial charge in [0.1, 0.15) is 0 Å². The standard InChI is InChI=1S/C25H40N4O4Si/c1-6-31-34(32-7-2,33-8-3)19-11-18-26-20-25(30)23-12-9-10-13-24(23)28-27-21-14-16-22(17-15-21)29(4)5/h9-10,12-17,26-28H,6-8,11,18-20H2,1-5H3. The number of para-hydroxylation sites is 1. The summed E-state index contributed by atoms with van der Waals surface area (Å²) < 4.78 is 17.7. The predicted molar refractivity (Wildman–Crippen MR) is 142 cm³/mol. The van der Waals surface area contributed by atoms with E-state index in [1.54, 1.807) is 0 Å². The van der Waals surface area contributed by atoms with Crippen molar-refractivity contribution in [2.45, 2.75) is 33.2 Å². The molecule has 0 aromatic heterocycles. The third-order valence-corrected chi connectivity index (χ3v) is 8.32. The lowest BCUT2D eigenvalue weighted by atomic mass is 10.1. The van der Waals surface area contributed by atoms with Crippen LogP contribution in [0.15, 0.2) is 48.5 Å². The number of hydrogen-bond donors (Lipinski definition) is 3. The van der Waals surface area contributed by atoms with Crippen LogP contribution in [0.1, 0.15) is 37.6 Å². The van der Waals surface area contributed by atoms with Crippen molar-refractivity contribution in [3.05, 3.63) is 54.1 Å². The van der Waals surface area contributed by atoms with Crippen LogP contribution in [-0.4, -0.2) is 61.6 Å². The monoisotopic (exact) mass is 488 g/mol. The van der Waals surface area contributed by atoms with Crippen molar-refractivity contribution in [2.75, 3.05) is 62.8 Å². The third kappa shape index (κ3) is 8.73. The van der Waals surface area contributed by atoms with E-state index in [2.05, 4.69) is 16.2 Å². The smallest absolute Gasteiger partial charge is 0.378 e. The number of benzene rings is 2. The lowest BCUT2D eigenvalue weighted by Crippen LogP contribution is -2.46. The summed E-state index contributed by atoms with van der Waals surface area (Å²) in [6.45, 7) is 8.49. The van der Waals surface area contributed by atoms with Crippen molar-refractivity contribution in [1.82, 2.24) is 5.32 Å². The Morgan fingerprint density at radius 3 is 2.09 bits per heavy atom. The van der Waals surface area contributed by atoms with Crippen LogP contribution in [-0.2, 0) is 13.3 Å². The van der Waals surface area contributed by atoms with Gasteiger partial charge in [-0.15, -0.1) is 0 Å². The Labute approximate surface area is 205 Å². The molecule has 0 heterocycles. The van der Waals surface area contributed by atoms with Gasteiger partial charge in [0.25, 0.3) is 0 Å². The molecule has 34 heavy (non-hydrogen) atoms. The molecule has 0 saturated carbocycles. The molecule has 0 fully saturated rings. The number of hydrazine groups is 1. The minimum atomic E-state index is -2.64. The number of carbonyl (C=O) groups is 1. The summed E-state index contributed by atoms with van der Waals surface area (Å²) in [5, 5.41) is 3.25. The van der Waals surface area contributed by atoms with Crippen LogP contribution in [0.3, 0.4) is 0 Å². The summed E-state index contributed by atoms with van der Waals surface area (Å²) in [5.41, 5.74) is 9.74.